The molecule has 1 saturated carbocycles. The van der Waals surface area contributed by atoms with Gasteiger partial charge in [-0.15, -0.1) is 0 Å². The molecule has 0 radical (unpaired) electrons. The summed E-state index contributed by atoms with van der Waals surface area (Å²) >= 11 is 0. The van der Waals surface area contributed by atoms with Crippen LogP contribution in [-0.2, 0) is 10.0 Å². The molecule has 1 rings (SSSR count). The van der Waals surface area contributed by atoms with Crippen molar-refractivity contribution in [3.8, 4) is 0 Å². The van der Waals surface area contributed by atoms with E-state index in [2.05, 4.69) is 0 Å². The second-order valence-corrected chi connectivity index (χ2v) is 4.79. The van der Waals surface area contributed by atoms with E-state index >= 15 is 0 Å². The van der Waals surface area contributed by atoms with Crippen LogP contribution in [0.2, 0.25) is 0 Å². The molecule has 7 heteroatoms. The maximum absolute atomic E-state index is 11.9. The zero-order chi connectivity index (χ0) is 10.1. The fraction of sp³-hybridized carbons (Fsp3) is 1.00. The first-order chi connectivity index (χ1) is 5.97. The molecule has 0 saturated heterocycles. The van der Waals surface area contributed by atoms with E-state index in [9.17, 15) is 17.2 Å². The van der Waals surface area contributed by atoms with Crippen LogP contribution in [0.25, 0.3) is 0 Å². The smallest absolute Gasteiger partial charge is 0.329 e. The normalized spacial score (nSPS) is 20.6. The van der Waals surface area contributed by atoms with Crippen molar-refractivity contribution in [3.05, 3.63) is 0 Å². The number of hydrogen-bond acceptors (Lipinski definition) is 3. The standard InChI is InChI=1S/C6H12F2N2O2S/c7-6(8)13(11,12)10-5(3-9)4-1-2-4/h4-6,10H,1-3,9H2. The van der Waals surface area contributed by atoms with E-state index in [1.165, 1.54) is 0 Å². The highest BCUT2D eigenvalue weighted by Gasteiger charge is 2.35. The first-order valence-corrected chi connectivity index (χ1v) is 5.51. The Morgan fingerprint density at radius 3 is 2.31 bits per heavy atom. The van der Waals surface area contributed by atoms with E-state index < -0.39 is 21.8 Å². The number of alkyl halides is 2. The molecule has 0 aromatic carbocycles. The molecule has 0 spiro atoms. The lowest BCUT2D eigenvalue weighted by Gasteiger charge is -2.15. The average Bonchev–Trinajstić information content (AvgIpc) is 2.82. The van der Waals surface area contributed by atoms with Gasteiger partial charge in [0.2, 0.25) is 0 Å². The molecule has 1 aliphatic carbocycles. The monoisotopic (exact) mass is 214 g/mol. The van der Waals surface area contributed by atoms with Gasteiger partial charge in [0.05, 0.1) is 0 Å². The van der Waals surface area contributed by atoms with Crippen LogP contribution in [-0.4, -0.2) is 26.8 Å². The summed E-state index contributed by atoms with van der Waals surface area (Å²) in [5.41, 5.74) is 5.25. The number of hydrogen-bond donors (Lipinski definition) is 2. The Hall–Kier alpha value is -0.270. The SMILES string of the molecule is NCC(NS(=O)(=O)C(F)F)C1CC1. The molecule has 1 aliphatic rings. The second kappa shape index (κ2) is 3.85. The van der Waals surface area contributed by atoms with Crippen molar-refractivity contribution < 1.29 is 17.2 Å². The summed E-state index contributed by atoms with van der Waals surface area (Å²) in [6, 6.07) is -0.529. The summed E-state index contributed by atoms with van der Waals surface area (Å²) < 4.78 is 47.1. The predicted molar refractivity (Wildman–Crippen MR) is 43.6 cm³/mol. The summed E-state index contributed by atoms with van der Waals surface area (Å²) in [5, 5.41) is 0. The minimum Gasteiger partial charge on any atom is -0.329 e. The predicted octanol–water partition coefficient (Wildman–Crippen LogP) is -0.134. The first kappa shape index (κ1) is 10.8. The van der Waals surface area contributed by atoms with Gasteiger partial charge in [-0.3, -0.25) is 0 Å². The van der Waals surface area contributed by atoms with Crippen molar-refractivity contribution in [3.63, 3.8) is 0 Å². The molecular formula is C6H12F2N2O2S. The molecule has 4 nitrogen and oxygen atoms in total. The van der Waals surface area contributed by atoms with Crippen LogP contribution in [0.3, 0.4) is 0 Å². The lowest BCUT2D eigenvalue weighted by Crippen LogP contribution is -2.43. The van der Waals surface area contributed by atoms with Gasteiger partial charge in [0, 0.05) is 12.6 Å². The van der Waals surface area contributed by atoms with Crippen LogP contribution in [0.4, 0.5) is 8.78 Å². The van der Waals surface area contributed by atoms with E-state index in [0.29, 0.717) is 0 Å². The fourth-order valence-corrected chi connectivity index (χ4v) is 1.91. The van der Waals surface area contributed by atoms with Gasteiger partial charge in [-0.25, -0.2) is 13.1 Å². The highest BCUT2D eigenvalue weighted by atomic mass is 32.2. The third kappa shape index (κ3) is 2.85. The Morgan fingerprint density at radius 1 is 1.46 bits per heavy atom. The third-order valence-corrected chi connectivity index (χ3v) is 3.10. The number of halogens is 2. The summed E-state index contributed by atoms with van der Waals surface area (Å²) in [4.78, 5) is 0. The summed E-state index contributed by atoms with van der Waals surface area (Å²) in [5.74, 6) is -3.24. The third-order valence-electron chi connectivity index (χ3n) is 2.00. The Kier molecular flexibility index (Phi) is 3.20. The van der Waals surface area contributed by atoms with E-state index in [0.717, 1.165) is 12.8 Å². The molecule has 0 bridgehead atoms. The Labute approximate surface area is 75.5 Å². The topological polar surface area (TPSA) is 72.2 Å². The molecule has 1 unspecified atom stereocenters. The molecule has 0 heterocycles. The molecular weight excluding hydrogens is 202 g/mol. The van der Waals surface area contributed by atoms with Crippen molar-refractivity contribution in [2.45, 2.75) is 24.6 Å². The van der Waals surface area contributed by atoms with Crippen LogP contribution in [0.1, 0.15) is 12.8 Å². The van der Waals surface area contributed by atoms with Gasteiger partial charge in [0.1, 0.15) is 0 Å². The van der Waals surface area contributed by atoms with Gasteiger partial charge in [-0.2, -0.15) is 8.78 Å². The Morgan fingerprint density at radius 2 is 2.00 bits per heavy atom. The molecule has 0 aromatic rings. The van der Waals surface area contributed by atoms with Crippen LogP contribution in [0, 0.1) is 5.92 Å². The van der Waals surface area contributed by atoms with E-state index in [1.54, 1.807) is 0 Å². The molecule has 0 amide bonds. The highest BCUT2D eigenvalue weighted by Crippen LogP contribution is 2.32. The van der Waals surface area contributed by atoms with Crippen molar-refractivity contribution in [2.75, 3.05) is 6.54 Å². The molecule has 13 heavy (non-hydrogen) atoms. The van der Waals surface area contributed by atoms with Gasteiger partial charge < -0.3 is 5.73 Å². The van der Waals surface area contributed by atoms with Gasteiger partial charge in [0.25, 0.3) is 10.0 Å². The van der Waals surface area contributed by atoms with Gasteiger partial charge >= 0.3 is 5.76 Å². The Bertz CT molecular complexity index is 264. The lowest BCUT2D eigenvalue weighted by molar-refractivity contribution is 0.231. The molecule has 0 aliphatic heterocycles. The first-order valence-electron chi connectivity index (χ1n) is 3.96. The summed E-state index contributed by atoms with van der Waals surface area (Å²) in [6.07, 6.45) is 1.71. The molecule has 1 atom stereocenters. The van der Waals surface area contributed by atoms with Crippen molar-refractivity contribution in [1.82, 2.24) is 4.72 Å². The largest absolute Gasteiger partial charge is 0.350 e. The maximum Gasteiger partial charge on any atom is 0.350 e. The minimum atomic E-state index is -4.48. The van der Waals surface area contributed by atoms with E-state index in [-0.39, 0.29) is 12.5 Å². The fourth-order valence-electron chi connectivity index (χ4n) is 1.10. The lowest BCUT2D eigenvalue weighted by atomic mass is 10.2. The molecule has 3 N–H and O–H groups in total. The van der Waals surface area contributed by atoms with Gasteiger partial charge in [0.15, 0.2) is 0 Å². The Balaban J connectivity index is 2.54. The second-order valence-electron chi connectivity index (χ2n) is 3.10. The number of rotatable bonds is 5. The zero-order valence-electron chi connectivity index (χ0n) is 6.91. The summed E-state index contributed by atoms with van der Waals surface area (Å²) in [7, 11) is -4.48. The highest BCUT2D eigenvalue weighted by molar-refractivity contribution is 7.89. The summed E-state index contributed by atoms with van der Waals surface area (Å²) in [6.45, 7) is 0.0661. The van der Waals surface area contributed by atoms with Gasteiger partial charge in [-0.1, -0.05) is 0 Å². The van der Waals surface area contributed by atoms with Gasteiger partial charge in [-0.05, 0) is 18.8 Å². The molecule has 0 aromatic heterocycles. The number of nitrogens with two attached hydrogens (primary N) is 1. The van der Waals surface area contributed by atoms with Crippen LogP contribution < -0.4 is 10.5 Å². The number of sulfonamides is 1. The van der Waals surface area contributed by atoms with Crippen molar-refractivity contribution >= 4 is 10.0 Å². The quantitative estimate of drug-likeness (QED) is 0.669. The molecule has 78 valence electrons. The van der Waals surface area contributed by atoms with E-state index in [1.807, 2.05) is 4.72 Å². The van der Waals surface area contributed by atoms with Crippen molar-refractivity contribution in [1.29, 1.82) is 0 Å². The maximum atomic E-state index is 11.9. The van der Waals surface area contributed by atoms with E-state index in [4.69, 9.17) is 5.73 Å². The van der Waals surface area contributed by atoms with Crippen molar-refractivity contribution in [2.24, 2.45) is 11.7 Å². The van der Waals surface area contributed by atoms with Crippen LogP contribution >= 0.6 is 0 Å². The zero-order valence-corrected chi connectivity index (χ0v) is 7.73. The number of nitrogens with one attached hydrogen (secondary N) is 1. The molecule has 1 fully saturated rings. The van der Waals surface area contributed by atoms with Crippen LogP contribution in [0.15, 0.2) is 0 Å². The average molecular weight is 214 g/mol. The van der Waals surface area contributed by atoms with Crippen LogP contribution in [0.5, 0.6) is 0 Å². The minimum absolute atomic E-state index is 0.0661.